The molecule has 6 nitrogen and oxygen atoms in total. The molecule has 0 aromatic heterocycles. The molecule has 1 unspecified atom stereocenters. The standard InChI is InChI=1S/C17H18N2O4/c1-11(13-4-3-5-14(10-13)17(21)19-22)18-16(20)12-6-8-15(23-2)9-7-12/h3-11,22H,1-2H3,(H,18,20)(H,19,21). The number of ether oxygens (including phenoxy) is 1. The molecule has 3 N–H and O–H groups in total. The zero-order valence-corrected chi connectivity index (χ0v) is 12.9. The Bertz CT molecular complexity index is 698. The molecule has 0 spiro atoms. The van der Waals surface area contributed by atoms with E-state index in [4.69, 9.17) is 9.94 Å². The Morgan fingerprint density at radius 2 is 1.74 bits per heavy atom. The van der Waals surface area contributed by atoms with Gasteiger partial charge in [0, 0.05) is 11.1 Å². The predicted octanol–water partition coefficient (Wildman–Crippen LogP) is 2.31. The van der Waals surface area contributed by atoms with Gasteiger partial charge < -0.3 is 10.1 Å². The summed E-state index contributed by atoms with van der Waals surface area (Å²) in [5.41, 5.74) is 3.18. The third-order valence-corrected chi connectivity index (χ3v) is 3.45. The van der Waals surface area contributed by atoms with Crippen LogP contribution in [-0.4, -0.2) is 24.1 Å². The third kappa shape index (κ3) is 4.08. The quantitative estimate of drug-likeness (QED) is 0.584. The topological polar surface area (TPSA) is 87.7 Å². The maximum absolute atomic E-state index is 12.2. The summed E-state index contributed by atoms with van der Waals surface area (Å²) in [7, 11) is 1.56. The Labute approximate surface area is 134 Å². The second kappa shape index (κ2) is 7.42. The van der Waals surface area contributed by atoms with Gasteiger partial charge in [-0.25, -0.2) is 5.48 Å². The first-order valence-corrected chi connectivity index (χ1v) is 7.04. The van der Waals surface area contributed by atoms with Gasteiger partial charge >= 0.3 is 0 Å². The van der Waals surface area contributed by atoms with Crippen molar-refractivity contribution in [3.05, 3.63) is 65.2 Å². The van der Waals surface area contributed by atoms with Crippen LogP contribution < -0.4 is 15.5 Å². The van der Waals surface area contributed by atoms with E-state index in [0.29, 0.717) is 16.9 Å². The summed E-state index contributed by atoms with van der Waals surface area (Å²) in [6, 6.07) is 13.2. The fourth-order valence-electron chi connectivity index (χ4n) is 2.12. The first kappa shape index (κ1) is 16.5. The van der Waals surface area contributed by atoms with E-state index >= 15 is 0 Å². The average Bonchev–Trinajstić information content (AvgIpc) is 2.61. The smallest absolute Gasteiger partial charge is 0.274 e. The number of benzene rings is 2. The molecule has 0 aliphatic rings. The first-order valence-electron chi connectivity index (χ1n) is 7.04. The van der Waals surface area contributed by atoms with Crippen molar-refractivity contribution in [2.75, 3.05) is 7.11 Å². The van der Waals surface area contributed by atoms with Gasteiger partial charge in [-0.2, -0.15) is 0 Å². The van der Waals surface area contributed by atoms with E-state index in [1.807, 2.05) is 6.92 Å². The monoisotopic (exact) mass is 314 g/mol. The number of hydrogen-bond donors (Lipinski definition) is 3. The van der Waals surface area contributed by atoms with Gasteiger partial charge in [-0.3, -0.25) is 14.8 Å². The molecule has 2 amide bonds. The number of carbonyl (C=O) groups excluding carboxylic acids is 2. The van der Waals surface area contributed by atoms with Gasteiger partial charge in [-0.15, -0.1) is 0 Å². The van der Waals surface area contributed by atoms with E-state index in [0.717, 1.165) is 5.56 Å². The van der Waals surface area contributed by atoms with Gasteiger partial charge in [0.1, 0.15) is 5.75 Å². The minimum absolute atomic E-state index is 0.225. The van der Waals surface area contributed by atoms with Crippen LogP contribution in [0.5, 0.6) is 5.75 Å². The normalized spacial score (nSPS) is 11.4. The van der Waals surface area contributed by atoms with E-state index in [2.05, 4.69) is 5.32 Å². The second-order valence-corrected chi connectivity index (χ2v) is 4.99. The Kier molecular flexibility index (Phi) is 5.32. The molecule has 2 rings (SSSR count). The van der Waals surface area contributed by atoms with Crippen molar-refractivity contribution in [1.82, 2.24) is 10.8 Å². The van der Waals surface area contributed by atoms with Gasteiger partial charge in [0.15, 0.2) is 0 Å². The predicted molar refractivity (Wildman–Crippen MR) is 84.6 cm³/mol. The highest BCUT2D eigenvalue weighted by Crippen LogP contribution is 2.16. The van der Waals surface area contributed by atoms with Crippen molar-refractivity contribution in [3.63, 3.8) is 0 Å². The first-order chi connectivity index (χ1) is 11.0. The molecule has 0 heterocycles. The Morgan fingerprint density at radius 1 is 1.04 bits per heavy atom. The number of hydroxylamine groups is 1. The van der Waals surface area contributed by atoms with Gasteiger partial charge in [-0.1, -0.05) is 12.1 Å². The molecule has 0 saturated carbocycles. The number of amides is 2. The largest absolute Gasteiger partial charge is 0.497 e. The minimum atomic E-state index is -0.597. The van der Waals surface area contributed by atoms with Gasteiger partial charge in [0.25, 0.3) is 11.8 Å². The summed E-state index contributed by atoms with van der Waals surface area (Å²) in [6.45, 7) is 1.82. The Hall–Kier alpha value is -2.86. The van der Waals surface area contributed by atoms with E-state index < -0.39 is 5.91 Å². The summed E-state index contributed by atoms with van der Waals surface area (Å²) in [5.74, 6) is -0.144. The maximum atomic E-state index is 12.2. The molecule has 0 aliphatic heterocycles. The lowest BCUT2D eigenvalue weighted by atomic mass is 10.0. The molecule has 0 aliphatic carbocycles. The lowest BCUT2D eigenvalue weighted by Crippen LogP contribution is -2.27. The lowest BCUT2D eigenvalue weighted by Gasteiger charge is -2.15. The van der Waals surface area contributed by atoms with Crippen LogP contribution in [0.1, 0.15) is 39.2 Å². The van der Waals surface area contributed by atoms with Crippen LogP contribution in [0.3, 0.4) is 0 Å². The number of carbonyl (C=O) groups is 2. The summed E-state index contributed by atoms with van der Waals surface area (Å²) in [4.78, 5) is 23.7. The van der Waals surface area contributed by atoms with Gasteiger partial charge in [0.05, 0.1) is 13.2 Å². The Balaban J connectivity index is 2.09. The van der Waals surface area contributed by atoms with Crippen molar-refractivity contribution in [2.24, 2.45) is 0 Å². The van der Waals surface area contributed by atoms with Crippen LogP contribution >= 0.6 is 0 Å². The maximum Gasteiger partial charge on any atom is 0.274 e. The van der Waals surface area contributed by atoms with Crippen LogP contribution in [0.2, 0.25) is 0 Å². The molecule has 2 aromatic carbocycles. The third-order valence-electron chi connectivity index (χ3n) is 3.45. The van der Waals surface area contributed by atoms with Crippen molar-refractivity contribution >= 4 is 11.8 Å². The molecular weight excluding hydrogens is 296 g/mol. The molecule has 0 saturated heterocycles. The zero-order chi connectivity index (χ0) is 16.8. The lowest BCUT2D eigenvalue weighted by molar-refractivity contribution is 0.0706. The molecule has 0 radical (unpaired) electrons. The van der Waals surface area contributed by atoms with Crippen LogP contribution in [-0.2, 0) is 0 Å². The summed E-state index contributed by atoms with van der Waals surface area (Å²) in [5, 5.41) is 11.5. The van der Waals surface area contributed by atoms with E-state index in [1.165, 1.54) is 0 Å². The summed E-state index contributed by atoms with van der Waals surface area (Å²) in [6.07, 6.45) is 0. The van der Waals surface area contributed by atoms with Crippen molar-refractivity contribution in [3.8, 4) is 5.75 Å². The van der Waals surface area contributed by atoms with E-state index in [9.17, 15) is 9.59 Å². The molecule has 2 aromatic rings. The molecule has 0 fully saturated rings. The zero-order valence-electron chi connectivity index (χ0n) is 12.9. The highest BCUT2D eigenvalue weighted by molar-refractivity contribution is 5.95. The summed E-state index contributed by atoms with van der Waals surface area (Å²) < 4.78 is 5.06. The molecule has 120 valence electrons. The number of nitrogens with one attached hydrogen (secondary N) is 2. The second-order valence-electron chi connectivity index (χ2n) is 4.99. The number of rotatable bonds is 5. The van der Waals surface area contributed by atoms with Gasteiger partial charge in [0.2, 0.25) is 0 Å². The molecule has 0 bridgehead atoms. The highest BCUT2D eigenvalue weighted by atomic mass is 16.5. The molecule has 6 heteroatoms. The van der Waals surface area contributed by atoms with Crippen LogP contribution in [0.25, 0.3) is 0 Å². The van der Waals surface area contributed by atoms with E-state index in [-0.39, 0.29) is 11.9 Å². The molecular formula is C17H18N2O4. The molecule has 1 atom stereocenters. The molecule has 23 heavy (non-hydrogen) atoms. The number of methoxy groups -OCH3 is 1. The Morgan fingerprint density at radius 3 is 2.35 bits per heavy atom. The van der Waals surface area contributed by atoms with Crippen LogP contribution in [0.15, 0.2) is 48.5 Å². The number of hydrogen-bond acceptors (Lipinski definition) is 4. The summed E-state index contributed by atoms with van der Waals surface area (Å²) >= 11 is 0. The van der Waals surface area contributed by atoms with Crippen LogP contribution in [0.4, 0.5) is 0 Å². The van der Waals surface area contributed by atoms with Crippen molar-refractivity contribution in [1.29, 1.82) is 0 Å². The van der Waals surface area contributed by atoms with E-state index in [1.54, 1.807) is 61.1 Å². The SMILES string of the molecule is COc1ccc(C(=O)NC(C)c2cccc(C(=O)NO)c2)cc1. The fourth-order valence-corrected chi connectivity index (χ4v) is 2.12. The average molecular weight is 314 g/mol. The fraction of sp³-hybridized carbons (Fsp3) is 0.176. The van der Waals surface area contributed by atoms with Crippen molar-refractivity contribution in [2.45, 2.75) is 13.0 Å². The van der Waals surface area contributed by atoms with Crippen LogP contribution in [0, 0.1) is 0 Å². The highest BCUT2D eigenvalue weighted by Gasteiger charge is 2.13. The van der Waals surface area contributed by atoms with Crippen molar-refractivity contribution < 1.29 is 19.5 Å². The van der Waals surface area contributed by atoms with Gasteiger partial charge in [-0.05, 0) is 48.9 Å². The minimum Gasteiger partial charge on any atom is -0.497 e.